The number of halogens is 1. The lowest BCUT2D eigenvalue weighted by Gasteiger charge is -2.21. The predicted octanol–water partition coefficient (Wildman–Crippen LogP) is 2.36. The van der Waals surface area contributed by atoms with Crippen molar-refractivity contribution in [3.05, 3.63) is 22.7 Å². The quantitative estimate of drug-likeness (QED) is 0.906. The summed E-state index contributed by atoms with van der Waals surface area (Å²) in [4.78, 5) is 8.41. The van der Waals surface area contributed by atoms with Crippen molar-refractivity contribution in [1.82, 2.24) is 9.97 Å². The lowest BCUT2D eigenvalue weighted by atomic mass is 9.90. The van der Waals surface area contributed by atoms with Crippen molar-refractivity contribution >= 4 is 15.9 Å². The van der Waals surface area contributed by atoms with Gasteiger partial charge in [0.2, 0.25) is 0 Å². The number of aliphatic hydroxyl groups is 1. The third-order valence-corrected chi connectivity index (χ3v) is 2.59. The first-order valence-electron chi connectivity index (χ1n) is 4.68. The average Bonchev–Trinajstić information content (AvgIpc) is 2.07. The first-order chi connectivity index (χ1) is 6.52. The summed E-state index contributed by atoms with van der Waals surface area (Å²) >= 11 is 3.28. The van der Waals surface area contributed by atoms with Gasteiger partial charge in [-0.15, -0.1) is 0 Å². The molecule has 0 saturated heterocycles. The Balaban J connectivity index is 2.94. The van der Waals surface area contributed by atoms with Crippen LogP contribution in [0.2, 0.25) is 0 Å². The van der Waals surface area contributed by atoms with Gasteiger partial charge < -0.3 is 5.11 Å². The monoisotopic (exact) mass is 258 g/mol. The minimum Gasteiger partial charge on any atom is -0.393 e. The zero-order valence-corrected chi connectivity index (χ0v) is 10.2. The third kappa shape index (κ3) is 2.75. The normalized spacial score (nSPS) is 15.6. The van der Waals surface area contributed by atoms with E-state index < -0.39 is 6.10 Å². The summed E-state index contributed by atoms with van der Waals surface area (Å²) in [6.45, 7) is 5.89. The van der Waals surface area contributed by atoms with Crippen LogP contribution in [0.4, 0.5) is 0 Å². The molecule has 14 heavy (non-hydrogen) atoms. The smallest absolute Gasteiger partial charge is 0.134 e. The molecule has 0 aliphatic rings. The van der Waals surface area contributed by atoms with Crippen LogP contribution >= 0.6 is 15.9 Å². The molecule has 0 spiro atoms. The molecule has 1 rings (SSSR count). The van der Waals surface area contributed by atoms with Crippen LogP contribution in [0.5, 0.6) is 0 Å². The summed E-state index contributed by atoms with van der Waals surface area (Å²) in [5, 5.41) is 9.61. The molecule has 4 heteroatoms. The standard InChI is InChI=1S/C10H15BrN2O/c1-6(2)9(7(3)14)10-12-4-8(11)5-13-10/h4-7,9,14H,1-3H3. The molecule has 0 bridgehead atoms. The van der Waals surface area contributed by atoms with Crippen molar-refractivity contribution in [1.29, 1.82) is 0 Å². The minimum atomic E-state index is -0.420. The number of rotatable bonds is 3. The lowest BCUT2D eigenvalue weighted by molar-refractivity contribution is 0.136. The van der Waals surface area contributed by atoms with E-state index in [2.05, 4.69) is 39.7 Å². The zero-order chi connectivity index (χ0) is 10.7. The molecular formula is C10H15BrN2O. The number of hydrogen-bond acceptors (Lipinski definition) is 3. The molecule has 1 aromatic heterocycles. The van der Waals surface area contributed by atoms with Gasteiger partial charge in [0.1, 0.15) is 5.82 Å². The maximum atomic E-state index is 9.61. The molecule has 0 amide bonds. The maximum absolute atomic E-state index is 9.61. The van der Waals surface area contributed by atoms with Crippen LogP contribution in [-0.4, -0.2) is 21.2 Å². The highest BCUT2D eigenvalue weighted by Gasteiger charge is 2.23. The summed E-state index contributed by atoms with van der Waals surface area (Å²) in [7, 11) is 0. The van der Waals surface area contributed by atoms with E-state index in [1.807, 2.05) is 0 Å². The van der Waals surface area contributed by atoms with Crippen molar-refractivity contribution < 1.29 is 5.11 Å². The van der Waals surface area contributed by atoms with Gasteiger partial charge in [0.05, 0.1) is 10.6 Å². The van der Waals surface area contributed by atoms with E-state index in [1.54, 1.807) is 19.3 Å². The molecule has 78 valence electrons. The van der Waals surface area contributed by atoms with E-state index in [1.165, 1.54) is 0 Å². The van der Waals surface area contributed by atoms with E-state index in [0.717, 1.165) is 4.47 Å². The summed E-state index contributed by atoms with van der Waals surface area (Å²) in [6.07, 6.45) is 3.00. The molecule has 2 atom stereocenters. The van der Waals surface area contributed by atoms with Crippen molar-refractivity contribution in [2.24, 2.45) is 5.92 Å². The second kappa shape index (κ2) is 4.84. The Morgan fingerprint density at radius 2 is 1.71 bits per heavy atom. The van der Waals surface area contributed by atoms with E-state index in [0.29, 0.717) is 11.7 Å². The molecule has 0 aliphatic heterocycles. The van der Waals surface area contributed by atoms with Gasteiger partial charge >= 0.3 is 0 Å². The highest BCUT2D eigenvalue weighted by molar-refractivity contribution is 9.10. The van der Waals surface area contributed by atoms with Gasteiger partial charge in [-0.3, -0.25) is 0 Å². The van der Waals surface area contributed by atoms with Crippen molar-refractivity contribution in [2.75, 3.05) is 0 Å². The molecular weight excluding hydrogens is 244 g/mol. The summed E-state index contributed by atoms with van der Waals surface area (Å²) in [5.74, 6) is 1.04. The number of aromatic nitrogens is 2. The van der Waals surface area contributed by atoms with Crippen LogP contribution in [0.3, 0.4) is 0 Å². The van der Waals surface area contributed by atoms with Gasteiger partial charge in [-0.05, 0) is 28.8 Å². The highest BCUT2D eigenvalue weighted by atomic mass is 79.9. The van der Waals surface area contributed by atoms with Gasteiger partial charge in [-0.2, -0.15) is 0 Å². The molecule has 2 unspecified atom stereocenters. The number of aliphatic hydroxyl groups excluding tert-OH is 1. The first-order valence-corrected chi connectivity index (χ1v) is 5.47. The van der Waals surface area contributed by atoms with Crippen LogP contribution in [0.15, 0.2) is 16.9 Å². The Hall–Kier alpha value is -0.480. The SMILES string of the molecule is CC(C)C(c1ncc(Br)cn1)C(C)O. The summed E-state index contributed by atoms with van der Waals surface area (Å²) < 4.78 is 0.856. The van der Waals surface area contributed by atoms with E-state index in [9.17, 15) is 5.11 Å². The second-order valence-corrected chi connectivity index (χ2v) is 4.69. The molecule has 0 aromatic carbocycles. The van der Waals surface area contributed by atoms with Crippen molar-refractivity contribution in [2.45, 2.75) is 32.8 Å². The fourth-order valence-corrected chi connectivity index (χ4v) is 1.77. The molecule has 1 N–H and O–H groups in total. The van der Waals surface area contributed by atoms with Crippen LogP contribution in [0.25, 0.3) is 0 Å². The highest BCUT2D eigenvalue weighted by Crippen LogP contribution is 2.25. The molecule has 0 aliphatic carbocycles. The second-order valence-electron chi connectivity index (χ2n) is 3.77. The molecule has 1 aromatic rings. The van der Waals surface area contributed by atoms with Crippen molar-refractivity contribution in [3.8, 4) is 0 Å². The van der Waals surface area contributed by atoms with Gasteiger partial charge in [-0.25, -0.2) is 9.97 Å². The summed E-state index contributed by atoms with van der Waals surface area (Å²) in [6, 6.07) is 0. The van der Waals surface area contributed by atoms with Crippen LogP contribution in [0, 0.1) is 5.92 Å². The summed E-state index contributed by atoms with van der Waals surface area (Å²) in [5.41, 5.74) is 0. The topological polar surface area (TPSA) is 46.0 Å². The zero-order valence-electron chi connectivity index (χ0n) is 8.61. The van der Waals surface area contributed by atoms with Crippen LogP contribution in [-0.2, 0) is 0 Å². The Labute approximate surface area is 92.7 Å². The van der Waals surface area contributed by atoms with Crippen molar-refractivity contribution in [3.63, 3.8) is 0 Å². The lowest BCUT2D eigenvalue weighted by Crippen LogP contribution is -2.22. The minimum absolute atomic E-state index is 0.00287. The molecule has 0 fully saturated rings. The van der Waals surface area contributed by atoms with Crippen LogP contribution in [0.1, 0.15) is 32.5 Å². The fourth-order valence-electron chi connectivity index (χ4n) is 1.57. The first kappa shape index (κ1) is 11.6. The van der Waals surface area contributed by atoms with Gasteiger partial charge in [0, 0.05) is 18.3 Å². The number of hydrogen-bond donors (Lipinski definition) is 1. The Kier molecular flexibility index (Phi) is 4.01. The van der Waals surface area contributed by atoms with E-state index in [4.69, 9.17) is 0 Å². The third-order valence-electron chi connectivity index (χ3n) is 2.18. The van der Waals surface area contributed by atoms with Gasteiger partial charge in [0.15, 0.2) is 0 Å². The molecule has 0 radical (unpaired) electrons. The molecule has 0 saturated carbocycles. The Morgan fingerprint density at radius 1 is 1.21 bits per heavy atom. The van der Waals surface area contributed by atoms with Crippen LogP contribution < -0.4 is 0 Å². The predicted molar refractivity (Wildman–Crippen MR) is 59.0 cm³/mol. The Bertz CT molecular complexity index is 277. The Morgan fingerprint density at radius 3 is 2.07 bits per heavy atom. The maximum Gasteiger partial charge on any atom is 0.134 e. The van der Waals surface area contributed by atoms with Gasteiger partial charge in [0.25, 0.3) is 0 Å². The fraction of sp³-hybridized carbons (Fsp3) is 0.600. The molecule has 1 heterocycles. The largest absolute Gasteiger partial charge is 0.393 e. The van der Waals surface area contributed by atoms with Gasteiger partial charge in [-0.1, -0.05) is 13.8 Å². The number of nitrogens with zero attached hydrogens (tertiary/aromatic N) is 2. The average molecular weight is 259 g/mol. The van der Waals surface area contributed by atoms with E-state index in [-0.39, 0.29) is 5.92 Å². The van der Waals surface area contributed by atoms with E-state index >= 15 is 0 Å². The molecule has 3 nitrogen and oxygen atoms in total.